The predicted molar refractivity (Wildman–Crippen MR) is 328 cm³/mol. The minimum Gasteiger partial charge on any atom is -0.466 e. The van der Waals surface area contributed by atoms with Gasteiger partial charge in [-0.1, -0.05) is 17.7 Å². The van der Waals surface area contributed by atoms with Gasteiger partial charge in [0.25, 0.3) is 0 Å². The van der Waals surface area contributed by atoms with Crippen molar-refractivity contribution in [2.75, 3.05) is 19.1 Å². The first-order chi connectivity index (χ1) is 39.4. The van der Waals surface area contributed by atoms with Gasteiger partial charge >= 0.3 is 11.9 Å². The fraction of sp³-hybridized carbons (Fsp3) is 0.0933. The number of nitrogens with zero attached hydrogens (tertiary/aromatic N) is 1. The third-order valence-corrected chi connectivity index (χ3v) is 27.1. The van der Waals surface area contributed by atoms with Crippen LogP contribution in [0.1, 0.15) is 38.9 Å². The number of hydrogen-bond acceptors (Lipinski definition) is 5. The van der Waals surface area contributed by atoms with Crippen molar-refractivity contribution in [1.82, 2.24) is 0 Å². The lowest BCUT2D eigenvalue weighted by atomic mass is 9.51. The molecule has 34 rings (SSSR count). The molecule has 1 heterocycles. The third kappa shape index (κ3) is 1.78. The Morgan fingerprint density at radius 3 is 0.713 bits per heavy atom. The number of carbonyl (C=O) groups is 2. The molecule has 0 bridgehead atoms. The first kappa shape index (κ1) is 32.2. The van der Waals surface area contributed by atoms with Gasteiger partial charge in [0, 0.05) is 16.8 Å². The van der Waals surface area contributed by atoms with Crippen LogP contribution in [0.5, 0.6) is 0 Å². The molecule has 29 aromatic carbocycles. The molecule has 0 aromatic heterocycles. The fourth-order valence-corrected chi connectivity index (χ4v) is 26.9. The van der Waals surface area contributed by atoms with Crippen molar-refractivity contribution in [3.8, 4) is 0 Å². The van der Waals surface area contributed by atoms with Crippen LogP contribution in [0.4, 0.5) is 5.69 Å². The normalized spacial score (nSPS) is 21.2. The molecule has 0 saturated heterocycles. The lowest BCUT2D eigenvalue weighted by Crippen LogP contribution is -2.58. The minimum atomic E-state index is -1.22. The average molecular weight is 996 g/mol. The van der Waals surface area contributed by atoms with Crippen molar-refractivity contribution >= 4 is 308 Å². The van der Waals surface area contributed by atoms with Crippen LogP contribution < -0.4 is 4.90 Å². The summed E-state index contributed by atoms with van der Waals surface area (Å²) in [6, 6.07) is 4.62. The van der Waals surface area contributed by atoms with E-state index in [1.807, 2.05) is 0 Å². The summed E-state index contributed by atoms with van der Waals surface area (Å²) in [5.74, 6) is -0.923. The second-order valence-corrected chi connectivity index (χ2v) is 28.0. The second-order valence-electron chi connectivity index (χ2n) is 28.0. The van der Waals surface area contributed by atoms with Crippen molar-refractivity contribution < 1.29 is 19.1 Å². The van der Waals surface area contributed by atoms with Gasteiger partial charge in [-0.15, -0.1) is 0 Å². The Hall–Kier alpha value is -9.84. The number of benzene rings is 19. The number of hydrogen-bond donors (Lipinski definition) is 0. The number of aryl methyl sites for hydroxylation is 3. The van der Waals surface area contributed by atoms with E-state index in [9.17, 15) is 0 Å². The van der Waals surface area contributed by atoms with Crippen LogP contribution in [0.3, 0.4) is 0 Å². The van der Waals surface area contributed by atoms with Gasteiger partial charge in [-0.25, -0.2) is 9.59 Å². The van der Waals surface area contributed by atoms with Gasteiger partial charge in [0.2, 0.25) is 0 Å². The van der Waals surface area contributed by atoms with Gasteiger partial charge in [-0.05, 0) is 334 Å². The van der Waals surface area contributed by atoms with Crippen molar-refractivity contribution in [2.45, 2.75) is 31.7 Å². The van der Waals surface area contributed by atoms with Crippen LogP contribution in [0.15, 0.2) is 23.4 Å². The Bertz CT molecular complexity index is 7780. The van der Waals surface area contributed by atoms with Crippen LogP contribution in [0.25, 0.3) is 291 Å². The van der Waals surface area contributed by atoms with Crippen LogP contribution in [-0.2, 0) is 30.0 Å². The Morgan fingerprint density at radius 2 is 0.500 bits per heavy atom. The van der Waals surface area contributed by atoms with E-state index >= 15 is 9.59 Å². The Balaban J connectivity index is 1.12. The van der Waals surface area contributed by atoms with Gasteiger partial charge in [0.1, 0.15) is 11.2 Å². The number of methoxy groups -OCH3 is 2. The SMILES string of the molecule is COC(=O)C1=C(C(=O)OC)C23c4c5c6c7c8c9c(c%10c%11c2c2c4c4c%12c5c5c6c6c8c8c%13c9c9c%10c%10c%11c%11c2c2c4c4c%12c%12c5c5c6c8c6c8c%13c9c9c%10c%10c%11c2c2c4c4c%12c5c6c5c8c9c%10c2c45)C73N1c1c(C)cc(C)cc1C. The van der Waals surface area contributed by atoms with Crippen LogP contribution in [0, 0.1) is 20.8 Å². The molecule has 0 N–H and O–H groups in total. The molecule has 0 atom stereocenters. The summed E-state index contributed by atoms with van der Waals surface area (Å²) in [7, 11) is 3.09. The van der Waals surface area contributed by atoms with Gasteiger partial charge in [-0.2, -0.15) is 0 Å². The van der Waals surface area contributed by atoms with Crippen molar-refractivity contribution in [1.29, 1.82) is 0 Å². The summed E-state index contributed by atoms with van der Waals surface area (Å²) in [6.45, 7) is 6.69. The van der Waals surface area contributed by atoms with Crippen LogP contribution in [0.2, 0.25) is 0 Å². The summed E-state index contributed by atoms with van der Waals surface area (Å²) in [6.07, 6.45) is 0. The molecule has 2 spiro atoms. The predicted octanol–water partition coefficient (Wildman–Crippen LogP) is 18.3. The standard InChI is InChI=1S/C75H17NO4/c1-8-6-9(2)70(10(3)7-8)76-71(73(78)80-5)69(72(77)79-4)74-65-57-49-39-29-21-13-11-12-15-19-17(13)25-33-27(19)37-31-23(15)24-16(12)20-18-14(11)22(21)30-36-26(18)34-28(20)38-32(24)42-41(31)53-47(37)55-45(33)51(43(49)35(25)29)59(65)61(55)67-63(53)64-54(42)48(38)56-46(34)52-44(36)50(40(30)39)58(57)66(74)60(52)62(56)68(64)75(67,74)76/h6-7H,1-5H3. The largest absolute Gasteiger partial charge is 0.466 e. The highest BCUT2D eigenvalue weighted by atomic mass is 16.5. The molecule has 29 aromatic rings. The maximum absolute atomic E-state index is 16.7. The van der Waals surface area contributed by atoms with Crippen molar-refractivity contribution in [3.63, 3.8) is 0 Å². The summed E-state index contributed by atoms with van der Waals surface area (Å²) < 4.78 is 12.7. The monoisotopic (exact) mass is 995 g/mol. The number of esters is 2. The lowest BCUT2D eigenvalue weighted by molar-refractivity contribution is -0.139. The molecular weight excluding hydrogens is 979 g/mol. The first-order valence-electron chi connectivity index (χ1n) is 29.0. The third-order valence-electron chi connectivity index (χ3n) is 27.1. The summed E-state index contributed by atoms with van der Waals surface area (Å²) in [5, 5.41) is 79.9. The molecule has 346 valence electrons. The van der Waals surface area contributed by atoms with Gasteiger partial charge in [-0.3, -0.25) is 0 Å². The van der Waals surface area contributed by atoms with Gasteiger partial charge in [0.15, 0.2) is 0 Å². The molecule has 5 aliphatic rings. The maximum atomic E-state index is 16.7. The van der Waals surface area contributed by atoms with E-state index in [1.54, 1.807) is 71.7 Å². The molecule has 4 aliphatic carbocycles. The molecule has 0 radical (unpaired) electrons. The molecule has 1 aliphatic heterocycles. The number of anilines is 1. The zero-order chi connectivity index (χ0) is 49.5. The van der Waals surface area contributed by atoms with E-state index in [0.717, 1.165) is 16.8 Å². The minimum absolute atomic E-state index is 0.337. The zero-order valence-electron chi connectivity index (χ0n) is 42.2. The molecule has 0 saturated carbocycles. The van der Waals surface area contributed by atoms with Crippen molar-refractivity contribution in [2.24, 2.45) is 0 Å². The van der Waals surface area contributed by atoms with E-state index in [-0.39, 0.29) is 0 Å². The molecule has 0 amide bonds. The summed E-state index contributed by atoms with van der Waals surface area (Å²) >= 11 is 0. The molecule has 80 heavy (non-hydrogen) atoms. The van der Waals surface area contributed by atoms with Gasteiger partial charge in [0.05, 0.1) is 25.2 Å². The highest BCUT2D eigenvalue weighted by molar-refractivity contribution is 6.82. The summed E-state index contributed by atoms with van der Waals surface area (Å²) in [5.41, 5.74) is 7.95. The summed E-state index contributed by atoms with van der Waals surface area (Å²) in [4.78, 5) is 35.4. The smallest absolute Gasteiger partial charge is 0.355 e. The molecule has 5 nitrogen and oxygen atoms in total. The lowest BCUT2D eigenvalue weighted by Gasteiger charge is -2.55. The number of ether oxygens (including phenoxy) is 2. The van der Waals surface area contributed by atoms with E-state index in [2.05, 4.69) is 37.8 Å². The number of carbonyl (C=O) groups excluding carboxylic acids is 2. The Labute approximate surface area is 438 Å². The highest BCUT2D eigenvalue weighted by Gasteiger charge is 2.79. The van der Waals surface area contributed by atoms with E-state index in [4.69, 9.17) is 9.47 Å². The zero-order valence-corrected chi connectivity index (χ0v) is 42.2. The molecule has 5 heteroatoms. The molecule has 0 fully saturated rings. The Kier molecular flexibility index (Phi) is 3.01. The fourth-order valence-electron chi connectivity index (χ4n) is 26.9. The Morgan fingerprint density at radius 1 is 0.300 bits per heavy atom. The van der Waals surface area contributed by atoms with E-state index in [1.165, 1.54) is 261 Å². The molecular formula is C75H17NO4. The van der Waals surface area contributed by atoms with E-state index < -0.39 is 22.9 Å². The van der Waals surface area contributed by atoms with Crippen LogP contribution in [-0.4, -0.2) is 26.2 Å². The van der Waals surface area contributed by atoms with E-state index in [0.29, 0.717) is 11.3 Å². The first-order valence-corrected chi connectivity index (χ1v) is 29.0. The second kappa shape index (κ2) is 7.49. The number of rotatable bonds is 3. The van der Waals surface area contributed by atoms with Gasteiger partial charge < -0.3 is 14.4 Å². The van der Waals surface area contributed by atoms with Crippen LogP contribution >= 0.6 is 0 Å². The highest BCUT2D eigenvalue weighted by Crippen LogP contribution is 2.87. The average Bonchev–Trinajstić information content (AvgIpc) is 1.40. The molecule has 0 unspecified atom stereocenters. The topological polar surface area (TPSA) is 55.8 Å². The quantitative estimate of drug-likeness (QED) is 0.130. The van der Waals surface area contributed by atoms with Crippen molar-refractivity contribution in [3.05, 3.63) is 62.3 Å². The maximum Gasteiger partial charge on any atom is 0.355 e.